The second-order valence-corrected chi connectivity index (χ2v) is 5.55. The monoisotopic (exact) mass is 319 g/mol. The van der Waals surface area contributed by atoms with E-state index >= 15 is 0 Å². The van der Waals surface area contributed by atoms with E-state index in [-0.39, 0.29) is 5.91 Å². The maximum atomic E-state index is 11.9. The summed E-state index contributed by atoms with van der Waals surface area (Å²) in [5, 5.41) is 14.4. The molecule has 0 bridgehead atoms. The van der Waals surface area contributed by atoms with Crippen molar-refractivity contribution in [2.45, 2.75) is 50.6 Å². The molecular formula is C15H21N5OS. The van der Waals surface area contributed by atoms with Crippen LogP contribution in [-0.4, -0.2) is 26.1 Å². The number of tetrazole rings is 1. The first-order valence-corrected chi connectivity index (χ1v) is 8.03. The average Bonchev–Trinajstić information content (AvgIpc) is 2.93. The molecule has 22 heavy (non-hydrogen) atoms. The lowest BCUT2D eigenvalue weighted by atomic mass is 10.1. The van der Waals surface area contributed by atoms with E-state index in [9.17, 15) is 4.79 Å². The summed E-state index contributed by atoms with van der Waals surface area (Å²) in [6.07, 6.45) is 6.24. The minimum Gasteiger partial charge on any atom is -0.326 e. The van der Waals surface area contributed by atoms with Crippen LogP contribution in [0.2, 0.25) is 0 Å². The van der Waals surface area contributed by atoms with Crippen molar-refractivity contribution >= 4 is 24.2 Å². The van der Waals surface area contributed by atoms with Gasteiger partial charge in [-0.05, 0) is 35.0 Å². The van der Waals surface area contributed by atoms with Crippen molar-refractivity contribution in [1.29, 1.82) is 0 Å². The van der Waals surface area contributed by atoms with Crippen molar-refractivity contribution in [2.75, 3.05) is 5.32 Å². The number of unbranched alkanes of at least 4 members (excludes halogenated alkanes) is 4. The molecule has 7 heteroatoms. The first kappa shape index (κ1) is 16.5. The zero-order chi connectivity index (χ0) is 15.8. The first-order chi connectivity index (χ1) is 10.7. The van der Waals surface area contributed by atoms with Crippen LogP contribution in [-0.2, 0) is 4.79 Å². The predicted molar refractivity (Wildman–Crippen MR) is 88.4 cm³/mol. The molecule has 2 rings (SSSR count). The van der Waals surface area contributed by atoms with Gasteiger partial charge in [-0.25, -0.2) is 0 Å². The van der Waals surface area contributed by atoms with Crippen molar-refractivity contribution < 1.29 is 4.79 Å². The van der Waals surface area contributed by atoms with Crippen LogP contribution >= 0.6 is 12.6 Å². The van der Waals surface area contributed by atoms with Crippen LogP contribution in [0.15, 0.2) is 29.4 Å². The summed E-state index contributed by atoms with van der Waals surface area (Å²) in [4.78, 5) is 11.9. The van der Waals surface area contributed by atoms with Gasteiger partial charge in [-0.15, -0.1) is 17.7 Å². The fourth-order valence-corrected chi connectivity index (χ4v) is 2.37. The van der Waals surface area contributed by atoms with Gasteiger partial charge in [0.1, 0.15) is 0 Å². The lowest BCUT2D eigenvalue weighted by Crippen LogP contribution is -2.11. The molecular weight excluding hydrogens is 298 g/mol. The second-order valence-electron chi connectivity index (χ2n) is 5.15. The third-order valence-electron chi connectivity index (χ3n) is 3.33. The van der Waals surface area contributed by atoms with E-state index in [0.717, 1.165) is 24.2 Å². The highest BCUT2D eigenvalue weighted by Crippen LogP contribution is 2.16. The SMILES string of the molecule is CCCCCCCC(=O)Nc1cccc(-n2nnnc2S)c1. The van der Waals surface area contributed by atoms with Crippen molar-refractivity contribution in [1.82, 2.24) is 20.2 Å². The molecule has 0 aliphatic carbocycles. The molecule has 0 aliphatic rings. The van der Waals surface area contributed by atoms with Gasteiger partial charge >= 0.3 is 0 Å². The summed E-state index contributed by atoms with van der Waals surface area (Å²) in [7, 11) is 0. The number of amides is 1. The lowest BCUT2D eigenvalue weighted by molar-refractivity contribution is -0.116. The number of nitrogens with zero attached hydrogens (tertiary/aromatic N) is 4. The van der Waals surface area contributed by atoms with Gasteiger partial charge in [-0.2, -0.15) is 4.68 Å². The third-order valence-corrected chi connectivity index (χ3v) is 3.61. The highest BCUT2D eigenvalue weighted by Gasteiger charge is 2.07. The fraction of sp³-hybridized carbons (Fsp3) is 0.467. The molecule has 0 aliphatic heterocycles. The summed E-state index contributed by atoms with van der Waals surface area (Å²) in [5.41, 5.74) is 1.50. The first-order valence-electron chi connectivity index (χ1n) is 7.58. The van der Waals surface area contributed by atoms with E-state index < -0.39 is 0 Å². The normalized spacial score (nSPS) is 10.6. The average molecular weight is 319 g/mol. The molecule has 0 unspecified atom stereocenters. The minimum atomic E-state index is 0.0384. The maximum Gasteiger partial charge on any atom is 0.224 e. The molecule has 0 radical (unpaired) electrons. The molecule has 0 atom stereocenters. The Kier molecular flexibility index (Phi) is 6.39. The van der Waals surface area contributed by atoms with Gasteiger partial charge in [0.2, 0.25) is 11.1 Å². The molecule has 1 aromatic carbocycles. The van der Waals surface area contributed by atoms with Crippen LogP contribution in [0.4, 0.5) is 5.69 Å². The molecule has 6 nitrogen and oxygen atoms in total. The van der Waals surface area contributed by atoms with Crippen molar-refractivity contribution in [3.8, 4) is 5.69 Å². The van der Waals surface area contributed by atoms with Gasteiger partial charge in [0, 0.05) is 12.1 Å². The fourth-order valence-electron chi connectivity index (χ4n) is 2.18. The number of aromatic nitrogens is 4. The summed E-state index contributed by atoms with van der Waals surface area (Å²) in [5.74, 6) is 0.0384. The van der Waals surface area contributed by atoms with E-state index in [4.69, 9.17) is 0 Å². The van der Waals surface area contributed by atoms with Crippen molar-refractivity contribution in [3.05, 3.63) is 24.3 Å². The Hall–Kier alpha value is -1.89. The molecule has 2 aromatic rings. The molecule has 0 saturated carbocycles. The number of thiol groups is 1. The Morgan fingerprint density at radius 3 is 2.82 bits per heavy atom. The van der Waals surface area contributed by atoms with Crippen LogP contribution in [0.1, 0.15) is 45.4 Å². The molecule has 0 fully saturated rings. The number of anilines is 1. The Bertz CT molecular complexity index is 613. The van der Waals surface area contributed by atoms with E-state index in [1.807, 2.05) is 24.3 Å². The van der Waals surface area contributed by atoms with Gasteiger partial charge in [0.15, 0.2) is 0 Å². The van der Waals surface area contributed by atoms with Crippen LogP contribution < -0.4 is 5.32 Å². The smallest absolute Gasteiger partial charge is 0.224 e. The number of carbonyl (C=O) groups excluding carboxylic acids is 1. The molecule has 0 spiro atoms. The Morgan fingerprint density at radius 2 is 2.09 bits per heavy atom. The summed E-state index contributed by atoms with van der Waals surface area (Å²) >= 11 is 4.18. The summed E-state index contributed by atoms with van der Waals surface area (Å²) in [6.45, 7) is 2.18. The highest BCUT2D eigenvalue weighted by molar-refractivity contribution is 7.80. The molecule has 0 saturated heterocycles. The third kappa shape index (κ3) is 4.84. The molecule has 118 valence electrons. The van der Waals surface area contributed by atoms with E-state index in [1.54, 1.807) is 0 Å². The van der Waals surface area contributed by atoms with Crippen LogP contribution in [0.25, 0.3) is 5.69 Å². The van der Waals surface area contributed by atoms with Gasteiger partial charge in [-0.3, -0.25) is 4.79 Å². The van der Waals surface area contributed by atoms with Crippen LogP contribution in [0.5, 0.6) is 0 Å². The number of benzene rings is 1. The van der Waals surface area contributed by atoms with E-state index in [0.29, 0.717) is 11.6 Å². The van der Waals surface area contributed by atoms with E-state index in [1.165, 1.54) is 23.9 Å². The van der Waals surface area contributed by atoms with E-state index in [2.05, 4.69) is 40.4 Å². The molecule has 1 heterocycles. The second kappa shape index (κ2) is 8.53. The highest BCUT2D eigenvalue weighted by atomic mass is 32.1. The number of hydrogen-bond acceptors (Lipinski definition) is 5. The standard InChI is InChI=1S/C15H21N5OS/c1-2-3-4-5-6-10-14(21)16-12-8-7-9-13(11-12)20-15(22)17-18-19-20/h7-9,11H,2-6,10H2,1H3,(H,16,21)(H,17,19,22). The zero-order valence-electron chi connectivity index (χ0n) is 12.7. The van der Waals surface area contributed by atoms with Gasteiger partial charge in [-0.1, -0.05) is 38.7 Å². The Labute approximate surface area is 135 Å². The molecule has 1 amide bonds. The largest absolute Gasteiger partial charge is 0.326 e. The van der Waals surface area contributed by atoms with Gasteiger partial charge < -0.3 is 5.32 Å². The number of carbonyl (C=O) groups is 1. The van der Waals surface area contributed by atoms with Crippen LogP contribution in [0, 0.1) is 0 Å². The lowest BCUT2D eigenvalue weighted by Gasteiger charge is -2.07. The molecule has 1 aromatic heterocycles. The quantitative estimate of drug-likeness (QED) is 0.578. The maximum absolute atomic E-state index is 11.9. The predicted octanol–water partition coefficient (Wildman–Crippen LogP) is 3.25. The van der Waals surface area contributed by atoms with Gasteiger partial charge in [0.25, 0.3) is 0 Å². The Morgan fingerprint density at radius 1 is 1.27 bits per heavy atom. The minimum absolute atomic E-state index is 0.0384. The van der Waals surface area contributed by atoms with Crippen molar-refractivity contribution in [2.24, 2.45) is 0 Å². The number of hydrogen-bond donors (Lipinski definition) is 2. The molecule has 1 N–H and O–H groups in total. The van der Waals surface area contributed by atoms with Crippen LogP contribution in [0.3, 0.4) is 0 Å². The van der Waals surface area contributed by atoms with Crippen molar-refractivity contribution in [3.63, 3.8) is 0 Å². The Balaban J connectivity index is 1.88. The number of rotatable bonds is 8. The zero-order valence-corrected chi connectivity index (χ0v) is 13.6. The summed E-state index contributed by atoms with van der Waals surface area (Å²) < 4.78 is 1.50. The number of nitrogens with one attached hydrogen (secondary N) is 1. The summed E-state index contributed by atoms with van der Waals surface area (Å²) in [6, 6.07) is 7.38. The topological polar surface area (TPSA) is 72.7 Å². The van der Waals surface area contributed by atoms with Gasteiger partial charge in [0.05, 0.1) is 5.69 Å².